The number of hydrogen-bond donors (Lipinski definition) is 1. The molecule has 150 valence electrons. The predicted molar refractivity (Wildman–Crippen MR) is 98.1 cm³/mol. The van der Waals surface area contributed by atoms with Gasteiger partial charge in [0.25, 0.3) is 5.91 Å². The molecule has 0 aliphatic carbocycles. The highest BCUT2D eigenvalue weighted by Gasteiger charge is 2.44. The monoisotopic (exact) mass is 398 g/mol. The minimum Gasteiger partial charge on any atom is -0.383 e. The molecular weight excluding hydrogens is 372 g/mol. The molecule has 0 bridgehead atoms. The first kappa shape index (κ1) is 20.2. The number of nitrogens with zero attached hydrogens (tertiary/aromatic N) is 1. The second kappa shape index (κ2) is 8.24. The Hall–Kier alpha value is -1.52. The summed E-state index contributed by atoms with van der Waals surface area (Å²) >= 11 is 0. The molecule has 1 aromatic carbocycles. The van der Waals surface area contributed by atoms with Crippen LogP contribution < -0.4 is 4.72 Å². The second-order valence-electron chi connectivity index (χ2n) is 7.02. The molecule has 2 saturated heterocycles. The van der Waals surface area contributed by atoms with E-state index in [-0.39, 0.29) is 30.1 Å². The SMILES string of the molecule is COCCNS(=O)(=O)c1cccc(C(=O)N2C[C@@H](C)O[C@]3(CCOC3)C2)c1. The molecule has 2 heterocycles. The van der Waals surface area contributed by atoms with Crippen LogP contribution in [0.1, 0.15) is 23.7 Å². The van der Waals surface area contributed by atoms with Crippen LogP contribution in [0.3, 0.4) is 0 Å². The van der Waals surface area contributed by atoms with Crippen molar-refractivity contribution in [2.45, 2.75) is 29.9 Å². The smallest absolute Gasteiger partial charge is 0.254 e. The molecule has 2 aliphatic heterocycles. The van der Waals surface area contributed by atoms with Gasteiger partial charge in [0.05, 0.1) is 30.8 Å². The van der Waals surface area contributed by atoms with E-state index >= 15 is 0 Å². The highest BCUT2D eigenvalue weighted by atomic mass is 32.2. The van der Waals surface area contributed by atoms with E-state index in [1.165, 1.54) is 19.2 Å². The first-order valence-electron chi connectivity index (χ1n) is 8.99. The number of carbonyl (C=O) groups excluding carboxylic acids is 1. The maximum absolute atomic E-state index is 13.0. The summed E-state index contributed by atoms with van der Waals surface area (Å²) in [6.07, 6.45) is 0.644. The van der Waals surface area contributed by atoms with Gasteiger partial charge in [0, 0.05) is 38.8 Å². The van der Waals surface area contributed by atoms with Crippen LogP contribution in [0.5, 0.6) is 0 Å². The predicted octanol–water partition coefficient (Wildman–Crippen LogP) is 0.631. The van der Waals surface area contributed by atoms with Gasteiger partial charge in [0.1, 0.15) is 5.60 Å². The van der Waals surface area contributed by atoms with E-state index < -0.39 is 15.6 Å². The molecule has 3 rings (SSSR count). The molecular formula is C18H26N2O6S. The number of ether oxygens (including phenoxy) is 3. The fraction of sp³-hybridized carbons (Fsp3) is 0.611. The third kappa shape index (κ3) is 4.67. The molecule has 0 unspecified atom stereocenters. The Morgan fingerprint density at radius 1 is 1.44 bits per heavy atom. The molecule has 2 aliphatic rings. The topological polar surface area (TPSA) is 94.2 Å². The maximum Gasteiger partial charge on any atom is 0.254 e. The van der Waals surface area contributed by atoms with Gasteiger partial charge in [0.15, 0.2) is 0 Å². The zero-order valence-electron chi connectivity index (χ0n) is 15.6. The zero-order chi connectivity index (χ0) is 19.5. The largest absolute Gasteiger partial charge is 0.383 e. The van der Waals surface area contributed by atoms with Gasteiger partial charge in [-0.1, -0.05) is 6.07 Å². The molecule has 2 atom stereocenters. The lowest BCUT2D eigenvalue weighted by molar-refractivity contribution is -0.138. The van der Waals surface area contributed by atoms with Gasteiger partial charge in [-0.15, -0.1) is 0 Å². The molecule has 1 N–H and O–H groups in total. The lowest BCUT2D eigenvalue weighted by Crippen LogP contribution is -2.57. The van der Waals surface area contributed by atoms with Crippen molar-refractivity contribution in [2.24, 2.45) is 0 Å². The summed E-state index contributed by atoms with van der Waals surface area (Å²) < 4.78 is 43.6. The second-order valence-corrected chi connectivity index (χ2v) is 8.79. The Morgan fingerprint density at radius 2 is 2.26 bits per heavy atom. The highest BCUT2D eigenvalue weighted by molar-refractivity contribution is 7.89. The van der Waals surface area contributed by atoms with Crippen molar-refractivity contribution in [1.82, 2.24) is 9.62 Å². The van der Waals surface area contributed by atoms with E-state index in [0.717, 1.165) is 6.42 Å². The summed E-state index contributed by atoms with van der Waals surface area (Å²) in [6, 6.07) is 6.10. The Kier molecular flexibility index (Phi) is 6.17. The molecule has 8 nitrogen and oxygen atoms in total. The molecule has 0 aromatic heterocycles. The normalized spacial score (nSPS) is 25.9. The third-order valence-electron chi connectivity index (χ3n) is 4.75. The summed E-state index contributed by atoms with van der Waals surface area (Å²) in [6.45, 7) is 4.37. The van der Waals surface area contributed by atoms with Crippen LogP contribution in [-0.4, -0.2) is 77.5 Å². The number of methoxy groups -OCH3 is 1. The van der Waals surface area contributed by atoms with Gasteiger partial charge in [-0.05, 0) is 25.1 Å². The van der Waals surface area contributed by atoms with Crippen LogP contribution in [0.25, 0.3) is 0 Å². The van der Waals surface area contributed by atoms with E-state index in [9.17, 15) is 13.2 Å². The van der Waals surface area contributed by atoms with Crippen LogP contribution in [0.2, 0.25) is 0 Å². The zero-order valence-corrected chi connectivity index (χ0v) is 16.5. The summed E-state index contributed by atoms with van der Waals surface area (Å²) in [4.78, 5) is 14.8. The van der Waals surface area contributed by atoms with Crippen molar-refractivity contribution in [1.29, 1.82) is 0 Å². The number of rotatable bonds is 6. The highest BCUT2D eigenvalue weighted by Crippen LogP contribution is 2.30. The van der Waals surface area contributed by atoms with E-state index in [1.54, 1.807) is 17.0 Å². The van der Waals surface area contributed by atoms with Gasteiger partial charge < -0.3 is 19.1 Å². The fourth-order valence-corrected chi connectivity index (χ4v) is 4.58. The van der Waals surface area contributed by atoms with Gasteiger partial charge in [-0.3, -0.25) is 4.79 Å². The van der Waals surface area contributed by atoms with Crippen molar-refractivity contribution < 1.29 is 27.4 Å². The number of carbonyl (C=O) groups is 1. The maximum atomic E-state index is 13.0. The summed E-state index contributed by atoms with van der Waals surface area (Å²) in [5, 5.41) is 0. The molecule has 1 spiro atoms. The van der Waals surface area contributed by atoms with Crippen LogP contribution >= 0.6 is 0 Å². The average Bonchev–Trinajstić information content (AvgIpc) is 3.08. The van der Waals surface area contributed by atoms with Crippen molar-refractivity contribution in [3.8, 4) is 0 Å². The number of morpholine rings is 1. The van der Waals surface area contributed by atoms with E-state index in [1.807, 2.05) is 6.92 Å². The number of nitrogens with one attached hydrogen (secondary N) is 1. The Balaban J connectivity index is 1.77. The Bertz CT molecular complexity index is 776. The Labute approximate surface area is 159 Å². The standard InChI is InChI=1S/C18H26N2O6S/c1-14-11-20(12-18(26-14)6-8-25-13-18)17(21)15-4-3-5-16(10-15)27(22,23)19-7-9-24-2/h3-5,10,14,19H,6-9,11-13H2,1-2H3/t14-,18-/m1/s1. The number of benzene rings is 1. The minimum absolute atomic E-state index is 0.0599. The summed E-state index contributed by atoms with van der Waals surface area (Å²) in [5.74, 6) is -0.203. The van der Waals surface area contributed by atoms with Crippen LogP contribution in [0.15, 0.2) is 29.2 Å². The van der Waals surface area contributed by atoms with Crippen LogP contribution in [0.4, 0.5) is 0 Å². The van der Waals surface area contributed by atoms with Gasteiger partial charge in [0.2, 0.25) is 10.0 Å². The van der Waals surface area contributed by atoms with Crippen LogP contribution in [0, 0.1) is 0 Å². The lowest BCUT2D eigenvalue weighted by Gasteiger charge is -2.42. The number of hydrogen-bond acceptors (Lipinski definition) is 6. The van der Waals surface area contributed by atoms with E-state index in [2.05, 4.69) is 4.72 Å². The van der Waals surface area contributed by atoms with Crippen LogP contribution in [-0.2, 0) is 24.2 Å². The molecule has 0 radical (unpaired) electrons. The van der Waals surface area contributed by atoms with Gasteiger partial charge in [-0.25, -0.2) is 13.1 Å². The van der Waals surface area contributed by atoms with Crippen molar-refractivity contribution in [3.63, 3.8) is 0 Å². The minimum atomic E-state index is -3.70. The molecule has 0 saturated carbocycles. The van der Waals surface area contributed by atoms with Crippen molar-refractivity contribution >= 4 is 15.9 Å². The number of amides is 1. The molecule has 27 heavy (non-hydrogen) atoms. The first-order chi connectivity index (χ1) is 12.9. The Morgan fingerprint density at radius 3 is 2.96 bits per heavy atom. The van der Waals surface area contributed by atoms with Crippen molar-refractivity contribution in [2.75, 3.05) is 46.6 Å². The molecule has 2 fully saturated rings. The molecule has 1 amide bonds. The fourth-order valence-electron chi connectivity index (χ4n) is 3.53. The quantitative estimate of drug-likeness (QED) is 0.707. The summed E-state index contributed by atoms with van der Waals surface area (Å²) in [5.41, 5.74) is -0.119. The number of sulfonamides is 1. The summed E-state index contributed by atoms with van der Waals surface area (Å²) in [7, 11) is -2.20. The van der Waals surface area contributed by atoms with Crippen molar-refractivity contribution in [3.05, 3.63) is 29.8 Å². The average molecular weight is 398 g/mol. The third-order valence-corrected chi connectivity index (χ3v) is 6.21. The van der Waals surface area contributed by atoms with Gasteiger partial charge in [-0.2, -0.15) is 0 Å². The molecule has 1 aromatic rings. The first-order valence-corrected chi connectivity index (χ1v) is 10.5. The lowest BCUT2D eigenvalue weighted by atomic mass is 9.98. The van der Waals surface area contributed by atoms with E-state index in [4.69, 9.17) is 14.2 Å². The van der Waals surface area contributed by atoms with E-state index in [0.29, 0.717) is 31.9 Å². The molecule has 9 heteroatoms. The van der Waals surface area contributed by atoms with Gasteiger partial charge >= 0.3 is 0 Å².